The van der Waals surface area contributed by atoms with Crippen LogP contribution in [0.5, 0.6) is 0 Å². The second kappa shape index (κ2) is 4.82. The van der Waals surface area contributed by atoms with Crippen molar-refractivity contribution in [2.45, 2.75) is 25.3 Å². The minimum atomic E-state index is -0.250. The highest BCUT2D eigenvalue weighted by molar-refractivity contribution is 5.99. The predicted octanol–water partition coefficient (Wildman–Crippen LogP) is 1.81. The van der Waals surface area contributed by atoms with Gasteiger partial charge in [0.25, 0.3) is 0 Å². The van der Waals surface area contributed by atoms with Crippen LogP contribution in [0.3, 0.4) is 0 Å². The molecule has 25 heavy (non-hydrogen) atoms. The maximum atomic E-state index is 12.3. The largest absolute Gasteiger partial charge is 0.376 e. The van der Waals surface area contributed by atoms with Crippen LogP contribution < -0.4 is 10.2 Å². The molecule has 0 atom stereocenters. The van der Waals surface area contributed by atoms with Crippen LogP contribution in [0.4, 0.5) is 11.5 Å². The molecule has 1 aliphatic carbocycles. The molecule has 0 bridgehead atoms. The Morgan fingerprint density at radius 3 is 2.76 bits per heavy atom. The molecule has 2 fully saturated rings. The second-order valence-corrected chi connectivity index (χ2v) is 7.32. The smallest absolute Gasteiger partial charge is 0.228 e. The molecule has 130 valence electrons. The first-order valence-corrected chi connectivity index (χ1v) is 8.68. The Balaban J connectivity index is 1.71. The number of hydrogen-bond donors (Lipinski definition) is 1. The number of nitrogens with zero attached hydrogens (tertiary/aromatic N) is 4. The molecule has 2 aromatic rings. The van der Waals surface area contributed by atoms with E-state index in [2.05, 4.69) is 33.9 Å². The highest BCUT2D eigenvalue weighted by atomic mass is 16.5. The summed E-state index contributed by atoms with van der Waals surface area (Å²) in [6.07, 6.45) is 3.69. The van der Waals surface area contributed by atoms with Crippen molar-refractivity contribution in [2.24, 2.45) is 13.0 Å². The summed E-state index contributed by atoms with van der Waals surface area (Å²) in [7, 11) is 4.11. The van der Waals surface area contributed by atoms with Gasteiger partial charge in [0.1, 0.15) is 11.4 Å². The molecule has 1 N–H and O–H groups in total. The van der Waals surface area contributed by atoms with Crippen molar-refractivity contribution in [1.29, 1.82) is 0 Å². The number of carbonyl (C=O) groups is 1. The molecule has 1 amide bonds. The fourth-order valence-electron chi connectivity index (χ4n) is 3.97. The van der Waals surface area contributed by atoms with Gasteiger partial charge in [0.15, 0.2) is 5.82 Å². The summed E-state index contributed by atoms with van der Waals surface area (Å²) >= 11 is 0. The van der Waals surface area contributed by atoms with Gasteiger partial charge < -0.3 is 19.5 Å². The van der Waals surface area contributed by atoms with Gasteiger partial charge in [-0.15, -0.1) is 0 Å². The number of imidazole rings is 1. The summed E-state index contributed by atoms with van der Waals surface area (Å²) in [5, 5.41) is 3.03. The van der Waals surface area contributed by atoms with Crippen molar-refractivity contribution >= 4 is 17.4 Å². The van der Waals surface area contributed by atoms with Gasteiger partial charge >= 0.3 is 0 Å². The van der Waals surface area contributed by atoms with Gasteiger partial charge in [0.05, 0.1) is 30.3 Å². The maximum absolute atomic E-state index is 12.3. The number of hydrogen-bond acceptors (Lipinski definition) is 5. The highest BCUT2D eigenvalue weighted by Crippen LogP contribution is 2.52. The van der Waals surface area contributed by atoms with E-state index in [0.717, 1.165) is 35.6 Å². The molecular formula is C18H21N5O2. The topological polar surface area (TPSA) is 72.3 Å². The number of pyridine rings is 1. The minimum Gasteiger partial charge on any atom is -0.376 e. The van der Waals surface area contributed by atoms with Crippen molar-refractivity contribution in [1.82, 2.24) is 14.5 Å². The summed E-state index contributed by atoms with van der Waals surface area (Å²) in [6, 6.07) is 1.98. The van der Waals surface area contributed by atoms with Crippen LogP contribution in [-0.4, -0.2) is 40.7 Å². The third-order valence-electron chi connectivity index (χ3n) is 5.79. The average Bonchev–Trinajstić information content (AvgIpc) is 3.35. The van der Waals surface area contributed by atoms with Gasteiger partial charge in [-0.3, -0.25) is 4.79 Å². The molecule has 2 aliphatic heterocycles. The van der Waals surface area contributed by atoms with E-state index in [4.69, 9.17) is 9.72 Å². The SMILES string of the molecule is Cc1nc2c(n1C)C1(COC1)N(C)c1c-2ccnc1NC(=O)C1CC1. The van der Waals surface area contributed by atoms with Crippen molar-refractivity contribution in [3.63, 3.8) is 0 Å². The summed E-state index contributed by atoms with van der Waals surface area (Å²) in [5.41, 5.74) is 3.85. The quantitative estimate of drug-likeness (QED) is 0.903. The first-order chi connectivity index (χ1) is 12.0. The molecule has 0 radical (unpaired) electrons. The molecule has 1 saturated heterocycles. The zero-order valence-corrected chi connectivity index (χ0v) is 14.7. The van der Waals surface area contributed by atoms with Gasteiger partial charge in [0.2, 0.25) is 5.91 Å². The Morgan fingerprint density at radius 1 is 1.36 bits per heavy atom. The number of anilines is 2. The van der Waals surface area contributed by atoms with E-state index < -0.39 is 0 Å². The lowest BCUT2D eigenvalue weighted by Gasteiger charge is -2.52. The Bertz CT molecular complexity index is 895. The molecule has 0 unspecified atom stereocenters. The number of likely N-dealkylation sites (N-methyl/N-ethyl adjacent to an activating group) is 1. The Kier molecular flexibility index (Phi) is 2.87. The monoisotopic (exact) mass is 339 g/mol. The zero-order chi connectivity index (χ0) is 17.3. The number of aromatic nitrogens is 3. The van der Waals surface area contributed by atoms with E-state index in [9.17, 15) is 4.79 Å². The molecule has 7 nitrogen and oxygen atoms in total. The van der Waals surface area contributed by atoms with Gasteiger partial charge in [-0.1, -0.05) is 0 Å². The second-order valence-electron chi connectivity index (χ2n) is 7.32. The molecule has 1 saturated carbocycles. The first kappa shape index (κ1) is 14.9. The lowest BCUT2D eigenvalue weighted by Crippen LogP contribution is -2.61. The van der Waals surface area contributed by atoms with Crippen molar-refractivity contribution in [3.8, 4) is 11.3 Å². The first-order valence-electron chi connectivity index (χ1n) is 8.68. The number of aryl methyl sites for hydroxylation is 1. The Morgan fingerprint density at radius 2 is 2.12 bits per heavy atom. The van der Waals surface area contributed by atoms with Crippen LogP contribution in [0.15, 0.2) is 12.3 Å². The normalized spacial score (nSPS) is 20.0. The fraction of sp³-hybridized carbons (Fsp3) is 0.500. The molecule has 1 spiro atoms. The minimum absolute atomic E-state index is 0.0659. The molecule has 5 rings (SSSR count). The fourth-order valence-corrected chi connectivity index (χ4v) is 3.97. The number of rotatable bonds is 2. The summed E-state index contributed by atoms with van der Waals surface area (Å²) in [4.78, 5) is 23.8. The van der Waals surface area contributed by atoms with E-state index in [1.807, 2.05) is 13.0 Å². The Hall–Kier alpha value is -2.41. The van der Waals surface area contributed by atoms with Crippen LogP contribution in [0.25, 0.3) is 11.3 Å². The predicted molar refractivity (Wildman–Crippen MR) is 93.4 cm³/mol. The summed E-state index contributed by atoms with van der Waals surface area (Å²) in [5.74, 6) is 1.80. The van der Waals surface area contributed by atoms with Crippen molar-refractivity contribution < 1.29 is 9.53 Å². The highest BCUT2D eigenvalue weighted by Gasteiger charge is 2.52. The van der Waals surface area contributed by atoms with E-state index in [1.54, 1.807) is 6.20 Å². The molecule has 2 aromatic heterocycles. The van der Waals surface area contributed by atoms with Gasteiger partial charge in [-0.25, -0.2) is 9.97 Å². The number of carbonyl (C=O) groups excluding carboxylic acids is 1. The third-order valence-corrected chi connectivity index (χ3v) is 5.79. The number of amides is 1. The van der Waals surface area contributed by atoms with Crippen LogP contribution >= 0.6 is 0 Å². The average molecular weight is 339 g/mol. The van der Waals surface area contributed by atoms with E-state index in [-0.39, 0.29) is 17.4 Å². The van der Waals surface area contributed by atoms with Crippen molar-refractivity contribution in [3.05, 3.63) is 23.8 Å². The molecular weight excluding hydrogens is 318 g/mol. The van der Waals surface area contributed by atoms with Crippen LogP contribution in [0.1, 0.15) is 24.4 Å². The number of nitrogens with one attached hydrogen (secondary N) is 1. The Labute approximate surface area is 146 Å². The van der Waals surface area contributed by atoms with Crippen LogP contribution in [-0.2, 0) is 22.1 Å². The lowest BCUT2D eigenvalue weighted by molar-refractivity contribution is -0.117. The molecule has 7 heteroatoms. The molecule has 4 heterocycles. The third kappa shape index (κ3) is 1.87. The van der Waals surface area contributed by atoms with Crippen LogP contribution in [0, 0.1) is 12.8 Å². The standard InChI is InChI=1S/C18H21N5O2/c1-10-20-13-12-6-7-19-16(21-17(24)11-4-5-11)14(12)23(3)18(8-25-9-18)15(13)22(10)2/h6-7,11H,4-5,8-9H2,1-3H3,(H,19,21,24). The maximum Gasteiger partial charge on any atom is 0.228 e. The van der Waals surface area contributed by atoms with E-state index in [1.165, 1.54) is 5.69 Å². The molecule has 0 aromatic carbocycles. The van der Waals surface area contributed by atoms with Crippen LogP contribution in [0.2, 0.25) is 0 Å². The van der Waals surface area contributed by atoms with Gasteiger partial charge in [-0.05, 0) is 25.8 Å². The van der Waals surface area contributed by atoms with Gasteiger partial charge in [0, 0.05) is 31.8 Å². The lowest BCUT2D eigenvalue weighted by atomic mass is 9.83. The summed E-state index contributed by atoms with van der Waals surface area (Å²) < 4.78 is 7.75. The number of fused-ring (bicyclic) bond motifs is 4. The molecule has 3 aliphatic rings. The van der Waals surface area contributed by atoms with Crippen molar-refractivity contribution in [2.75, 3.05) is 30.5 Å². The summed E-state index contributed by atoms with van der Waals surface area (Å²) in [6.45, 7) is 3.24. The number of ether oxygens (including phenoxy) is 1. The van der Waals surface area contributed by atoms with E-state index >= 15 is 0 Å². The van der Waals surface area contributed by atoms with Gasteiger partial charge in [-0.2, -0.15) is 0 Å². The zero-order valence-electron chi connectivity index (χ0n) is 14.7. The van der Waals surface area contributed by atoms with E-state index in [0.29, 0.717) is 19.0 Å².